The number of amides is 1. The SMILES string of the molecule is Cc1c(CC(=O)N2CCC(C(=O)[O-])(c3ccccc3)CC2)c(=O)oc2c(C)c3oc4c(c3cc12)CCCC4. The summed E-state index contributed by atoms with van der Waals surface area (Å²) in [7, 11) is 0. The molecule has 4 aromatic rings. The average Bonchev–Trinajstić information content (AvgIpc) is 3.31. The number of furan rings is 1. The van der Waals surface area contributed by atoms with Crippen molar-refractivity contribution in [3.05, 3.63) is 80.4 Å². The molecule has 2 aromatic carbocycles. The molecule has 0 bridgehead atoms. The molecule has 3 heterocycles. The maximum absolute atomic E-state index is 13.3. The van der Waals surface area contributed by atoms with Gasteiger partial charge in [0.1, 0.15) is 16.9 Å². The summed E-state index contributed by atoms with van der Waals surface area (Å²) in [6.07, 6.45) is 4.56. The molecule has 38 heavy (non-hydrogen) atoms. The number of carboxylic acids is 1. The van der Waals surface area contributed by atoms with Crippen LogP contribution in [0.4, 0.5) is 0 Å². The second kappa shape index (κ2) is 9.15. The molecular formula is C31H30NO6-. The molecule has 0 N–H and O–H groups in total. The van der Waals surface area contributed by atoms with Crippen molar-refractivity contribution in [3.63, 3.8) is 0 Å². The van der Waals surface area contributed by atoms with Crippen molar-refractivity contribution in [2.75, 3.05) is 13.1 Å². The van der Waals surface area contributed by atoms with Crippen molar-refractivity contribution in [2.45, 2.75) is 64.2 Å². The minimum atomic E-state index is -1.12. The fourth-order valence-corrected chi connectivity index (χ4v) is 6.39. The highest BCUT2D eigenvalue weighted by Gasteiger charge is 2.39. The molecule has 0 radical (unpaired) electrons. The van der Waals surface area contributed by atoms with Crippen LogP contribution in [0.2, 0.25) is 0 Å². The lowest BCUT2D eigenvalue weighted by molar-refractivity contribution is -0.315. The van der Waals surface area contributed by atoms with Crippen molar-refractivity contribution < 1.29 is 23.5 Å². The van der Waals surface area contributed by atoms with Crippen LogP contribution in [0.25, 0.3) is 21.9 Å². The average molecular weight is 513 g/mol. The second-order valence-electron chi connectivity index (χ2n) is 10.8. The summed E-state index contributed by atoms with van der Waals surface area (Å²) in [6.45, 7) is 4.34. The van der Waals surface area contributed by atoms with E-state index in [9.17, 15) is 19.5 Å². The molecule has 0 unspecified atom stereocenters. The van der Waals surface area contributed by atoms with E-state index in [0.29, 0.717) is 16.7 Å². The standard InChI is InChI=1S/C31H31NO6/c1-18-22-16-24-21-10-6-7-11-25(21)37-28(24)19(2)27(22)38-29(34)23(18)17-26(33)32-14-12-31(13-15-32,30(35)36)20-8-4-3-5-9-20/h3-5,8-9,16H,6-7,10-15,17H2,1-2H3,(H,35,36)/p-1. The molecule has 0 saturated carbocycles. The summed E-state index contributed by atoms with van der Waals surface area (Å²) >= 11 is 0. The number of fused-ring (bicyclic) bond motifs is 4. The molecule has 2 aromatic heterocycles. The van der Waals surface area contributed by atoms with E-state index in [-0.39, 0.29) is 38.3 Å². The molecule has 0 spiro atoms. The molecule has 0 atom stereocenters. The van der Waals surface area contributed by atoms with Gasteiger partial charge in [-0.1, -0.05) is 30.3 Å². The van der Waals surface area contributed by atoms with E-state index < -0.39 is 17.0 Å². The van der Waals surface area contributed by atoms with Gasteiger partial charge in [0.2, 0.25) is 5.91 Å². The Morgan fingerprint density at radius 3 is 2.34 bits per heavy atom. The minimum absolute atomic E-state index is 0.0889. The number of aryl methyl sites for hydroxylation is 4. The Balaban J connectivity index is 1.30. The highest BCUT2D eigenvalue weighted by molar-refractivity contribution is 6.00. The quantitative estimate of drug-likeness (QED) is 0.385. The Kier molecular flexibility index (Phi) is 5.89. The summed E-state index contributed by atoms with van der Waals surface area (Å²) in [5, 5.41) is 14.1. The van der Waals surface area contributed by atoms with Gasteiger partial charge >= 0.3 is 5.63 Å². The predicted octanol–water partition coefficient (Wildman–Crippen LogP) is 3.89. The Labute approximate surface area is 220 Å². The van der Waals surface area contributed by atoms with Gasteiger partial charge in [-0.2, -0.15) is 0 Å². The molecular weight excluding hydrogens is 482 g/mol. The van der Waals surface area contributed by atoms with Crippen LogP contribution in [0.15, 0.2) is 50.0 Å². The monoisotopic (exact) mass is 512 g/mol. The maximum atomic E-state index is 13.3. The van der Waals surface area contributed by atoms with E-state index in [1.807, 2.05) is 38.1 Å². The normalized spacial score (nSPS) is 17.1. The summed E-state index contributed by atoms with van der Waals surface area (Å²) in [5.41, 5.74) is 3.46. The number of carbonyl (C=O) groups is 2. The summed E-state index contributed by atoms with van der Waals surface area (Å²) < 4.78 is 12.0. The van der Waals surface area contributed by atoms with E-state index in [4.69, 9.17) is 8.83 Å². The van der Waals surface area contributed by atoms with Gasteiger partial charge in [-0.05, 0) is 63.1 Å². The number of nitrogens with zero attached hydrogens (tertiary/aromatic N) is 1. The number of aliphatic carboxylic acids is 1. The fraction of sp³-hybridized carbons (Fsp3) is 0.387. The molecule has 7 heteroatoms. The highest BCUT2D eigenvalue weighted by Crippen LogP contribution is 2.38. The first-order chi connectivity index (χ1) is 18.3. The lowest BCUT2D eigenvalue weighted by atomic mass is 9.73. The molecule has 1 fully saturated rings. The van der Waals surface area contributed by atoms with Gasteiger partial charge in [0.25, 0.3) is 0 Å². The number of carboxylic acid groups (broad SMARTS) is 1. The minimum Gasteiger partial charge on any atom is -0.549 e. The first-order valence-corrected chi connectivity index (χ1v) is 13.3. The van der Waals surface area contributed by atoms with Crippen molar-refractivity contribution in [3.8, 4) is 0 Å². The third-order valence-electron chi connectivity index (χ3n) is 8.74. The summed E-state index contributed by atoms with van der Waals surface area (Å²) in [6, 6.07) is 11.1. The van der Waals surface area contributed by atoms with Crippen LogP contribution >= 0.6 is 0 Å². The molecule has 1 aliphatic carbocycles. The van der Waals surface area contributed by atoms with E-state index in [2.05, 4.69) is 0 Å². The highest BCUT2D eigenvalue weighted by atomic mass is 16.4. The number of piperidine rings is 1. The topological polar surface area (TPSA) is 104 Å². The van der Waals surface area contributed by atoms with E-state index in [1.165, 1.54) is 5.56 Å². The van der Waals surface area contributed by atoms with Gasteiger partial charge in [0.15, 0.2) is 0 Å². The molecule has 1 amide bonds. The van der Waals surface area contributed by atoms with Crippen LogP contribution < -0.4 is 10.7 Å². The number of hydrogen-bond acceptors (Lipinski definition) is 6. The summed E-state index contributed by atoms with van der Waals surface area (Å²) in [4.78, 5) is 40.2. The summed E-state index contributed by atoms with van der Waals surface area (Å²) in [5.74, 6) is -0.309. The van der Waals surface area contributed by atoms with Crippen LogP contribution in [0, 0.1) is 13.8 Å². The van der Waals surface area contributed by atoms with Crippen LogP contribution in [-0.2, 0) is 34.3 Å². The van der Waals surface area contributed by atoms with Gasteiger partial charge in [-0.3, -0.25) is 4.79 Å². The van der Waals surface area contributed by atoms with Crippen LogP contribution in [-0.4, -0.2) is 29.9 Å². The van der Waals surface area contributed by atoms with E-state index >= 15 is 0 Å². The molecule has 7 nitrogen and oxygen atoms in total. The molecule has 196 valence electrons. The smallest absolute Gasteiger partial charge is 0.340 e. The number of hydrogen-bond donors (Lipinski definition) is 0. The fourth-order valence-electron chi connectivity index (χ4n) is 6.39. The zero-order chi connectivity index (χ0) is 26.6. The Bertz CT molecular complexity index is 1640. The van der Waals surface area contributed by atoms with Crippen LogP contribution in [0.5, 0.6) is 0 Å². The molecule has 6 rings (SSSR count). The third kappa shape index (κ3) is 3.75. The second-order valence-corrected chi connectivity index (χ2v) is 10.8. The predicted molar refractivity (Wildman–Crippen MR) is 141 cm³/mol. The van der Waals surface area contributed by atoms with Crippen molar-refractivity contribution >= 4 is 33.8 Å². The van der Waals surface area contributed by atoms with Gasteiger partial charge in [-0.25, -0.2) is 4.79 Å². The Hall–Kier alpha value is -3.87. The third-order valence-corrected chi connectivity index (χ3v) is 8.74. The van der Waals surface area contributed by atoms with Gasteiger partial charge in [0, 0.05) is 46.8 Å². The van der Waals surface area contributed by atoms with Gasteiger partial charge in [-0.15, -0.1) is 0 Å². The van der Waals surface area contributed by atoms with Crippen LogP contribution in [0.1, 0.15) is 59.3 Å². The van der Waals surface area contributed by atoms with E-state index in [1.54, 1.807) is 17.0 Å². The number of benzene rings is 2. The lowest BCUT2D eigenvalue weighted by Crippen LogP contribution is -2.54. The molecule has 1 saturated heterocycles. The Morgan fingerprint density at radius 2 is 1.63 bits per heavy atom. The zero-order valence-electron chi connectivity index (χ0n) is 21.7. The maximum Gasteiger partial charge on any atom is 0.340 e. The van der Waals surface area contributed by atoms with Crippen molar-refractivity contribution in [2.24, 2.45) is 0 Å². The number of rotatable bonds is 4. The van der Waals surface area contributed by atoms with Gasteiger partial charge in [0.05, 0.1) is 18.0 Å². The number of likely N-dealkylation sites (tertiary alicyclic amines) is 1. The van der Waals surface area contributed by atoms with Crippen LogP contribution in [0.3, 0.4) is 0 Å². The van der Waals surface area contributed by atoms with Crippen molar-refractivity contribution in [1.82, 2.24) is 4.90 Å². The number of carbonyl (C=O) groups excluding carboxylic acids is 2. The largest absolute Gasteiger partial charge is 0.549 e. The zero-order valence-corrected chi connectivity index (χ0v) is 21.7. The molecule has 1 aliphatic heterocycles. The Morgan fingerprint density at radius 1 is 0.947 bits per heavy atom. The van der Waals surface area contributed by atoms with Gasteiger partial charge < -0.3 is 23.6 Å². The van der Waals surface area contributed by atoms with E-state index in [0.717, 1.165) is 58.9 Å². The first kappa shape index (κ1) is 24.5. The van der Waals surface area contributed by atoms with Crippen molar-refractivity contribution in [1.29, 1.82) is 0 Å². The molecule has 2 aliphatic rings. The first-order valence-electron chi connectivity index (χ1n) is 13.3. The lowest BCUT2D eigenvalue weighted by Gasteiger charge is -2.43.